The first-order valence-corrected chi connectivity index (χ1v) is 7.55. The lowest BCUT2D eigenvalue weighted by Gasteiger charge is -2.12. The van der Waals surface area contributed by atoms with Gasteiger partial charge in [0.05, 0.1) is 0 Å². The van der Waals surface area contributed by atoms with Crippen LogP contribution in [0.4, 0.5) is 4.39 Å². The minimum absolute atomic E-state index is 0.190. The first kappa shape index (κ1) is 15.2. The summed E-state index contributed by atoms with van der Waals surface area (Å²) in [4.78, 5) is 0. The fraction of sp³-hybridized carbons (Fsp3) is 0.294. The highest BCUT2D eigenvalue weighted by Crippen LogP contribution is 2.29. The highest BCUT2D eigenvalue weighted by atomic mass is 79.9. The van der Waals surface area contributed by atoms with Crippen LogP contribution in [-0.2, 0) is 6.54 Å². The summed E-state index contributed by atoms with van der Waals surface area (Å²) in [6.07, 6.45) is 0. The summed E-state index contributed by atoms with van der Waals surface area (Å²) in [6, 6.07) is 11.7. The molecule has 20 heavy (non-hydrogen) atoms. The third-order valence-electron chi connectivity index (χ3n) is 3.22. The van der Waals surface area contributed by atoms with Gasteiger partial charge in [0.1, 0.15) is 5.82 Å². The molecule has 0 saturated heterocycles. The van der Waals surface area contributed by atoms with Crippen molar-refractivity contribution < 1.29 is 4.39 Å². The van der Waals surface area contributed by atoms with E-state index in [1.807, 2.05) is 19.1 Å². The van der Waals surface area contributed by atoms with E-state index < -0.39 is 0 Å². The zero-order valence-electron chi connectivity index (χ0n) is 12.0. The van der Waals surface area contributed by atoms with Crippen LogP contribution >= 0.6 is 15.9 Å². The Bertz CT molecular complexity index is 608. The summed E-state index contributed by atoms with van der Waals surface area (Å²) in [7, 11) is 0. The molecule has 3 heteroatoms. The van der Waals surface area contributed by atoms with Gasteiger partial charge in [-0.3, -0.25) is 0 Å². The first-order valence-electron chi connectivity index (χ1n) is 6.75. The predicted octanol–water partition coefficient (Wildman–Crippen LogP) is 5.06. The van der Waals surface area contributed by atoms with E-state index in [4.69, 9.17) is 0 Å². The van der Waals surface area contributed by atoms with Gasteiger partial charge in [-0.25, -0.2) is 4.39 Å². The Hall–Kier alpha value is -1.19. The molecule has 0 saturated carbocycles. The molecule has 106 valence electrons. The van der Waals surface area contributed by atoms with E-state index in [0.29, 0.717) is 11.6 Å². The second-order valence-electron chi connectivity index (χ2n) is 5.31. The number of halogens is 2. The molecular weight excluding hydrogens is 317 g/mol. The average molecular weight is 336 g/mol. The third-order valence-corrected chi connectivity index (χ3v) is 3.72. The Morgan fingerprint density at radius 2 is 1.85 bits per heavy atom. The minimum atomic E-state index is -0.190. The molecule has 0 heterocycles. The lowest BCUT2D eigenvalue weighted by atomic mass is 9.98. The van der Waals surface area contributed by atoms with Crippen molar-refractivity contribution >= 4 is 15.9 Å². The standard InChI is InChI=1S/C17H19BrFN/c1-11(2)20-10-13-4-6-15(12(3)8-13)16-9-14(18)5-7-17(16)19/h4-9,11,20H,10H2,1-3H3. The molecule has 0 radical (unpaired) electrons. The smallest absolute Gasteiger partial charge is 0.131 e. The van der Waals surface area contributed by atoms with Crippen molar-refractivity contribution in [2.45, 2.75) is 33.4 Å². The Balaban J connectivity index is 2.32. The van der Waals surface area contributed by atoms with E-state index in [1.54, 1.807) is 6.07 Å². The zero-order chi connectivity index (χ0) is 14.7. The summed E-state index contributed by atoms with van der Waals surface area (Å²) in [6.45, 7) is 7.10. The van der Waals surface area contributed by atoms with Gasteiger partial charge >= 0.3 is 0 Å². The van der Waals surface area contributed by atoms with Gasteiger partial charge in [0.2, 0.25) is 0 Å². The van der Waals surface area contributed by atoms with Crippen molar-refractivity contribution in [2.24, 2.45) is 0 Å². The molecule has 0 amide bonds. The molecule has 2 aromatic carbocycles. The lowest BCUT2D eigenvalue weighted by Crippen LogP contribution is -2.21. The topological polar surface area (TPSA) is 12.0 Å². The minimum Gasteiger partial charge on any atom is -0.310 e. The molecule has 0 atom stereocenters. The molecule has 0 bridgehead atoms. The predicted molar refractivity (Wildman–Crippen MR) is 86.2 cm³/mol. The number of aryl methyl sites for hydroxylation is 1. The van der Waals surface area contributed by atoms with Crippen molar-refractivity contribution in [2.75, 3.05) is 0 Å². The number of nitrogens with one attached hydrogen (secondary N) is 1. The zero-order valence-corrected chi connectivity index (χ0v) is 13.6. The molecular formula is C17H19BrFN. The van der Waals surface area contributed by atoms with Crippen LogP contribution in [0.2, 0.25) is 0 Å². The van der Waals surface area contributed by atoms with Gasteiger partial charge in [0, 0.05) is 22.6 Å². The van der Waals surface area contributed by atoms with Crippen molar-refractivity contribution in [3.8, 4) is 11.1 Å². The van der Waals surface area contributed by atoms with E-state index in [-0.39, 0.29) is 5.82 Å². The second kappa shape index (κ2) is 6.51. The number of hydrogen-bond donors (Lipinski definition) is 1. The van der Waals surface area contributed by atoms with Gasteiger partial charge in [-0.05, 0) is 41.8 Å². The van der Waals surface area contributed by atoms with Gasteiger partial charge in [0.15, 0.2) is 0 Å². The van der Waals surface area contributed by atoms with Gasteiger partial charge in [-0.1, -0.05) is 48.0 Å². The maximum absolute atomic E-state index is 14.0. The van der Waals surface area contributed by atoms with Crippen LogP contribution in [0, 0.1) is 12.7 Å². The Labute approximate surface area is 128 Å². The van der Waals surface area contributed by atoms with Crippen LogP contribution in [0.25, 0.3) is 11.1 Å². The third kappa shape index (κ3) is 3.68. The molecule has 0 aliphatic rings. The fourth-order valence-corrected chi connectivity index (χ4v) is 2.52. The number of hydrogen-bond acceptors (Lipinski definition) is 1. The molecule has 0 unspecified atom stereocenters. The molecule has 0 aliphatic heterocycles. The van der Waals surface area contributed by atoms with Crippen LogP contribution < -0.4 is 5.32 Å². The van der Waals surface area contributed by atoms with Gasteiger partial charge < -0.3 is 5.32 Å². The molecule has 1 N–H and O–H groups in total. The Morgan fingerprint density at radius 1 is 1.10 bits per heavy atom. The van der Waals surface area contributed by atoms with Crippen molar-refractivity contribution in [3.05, 3.63) is 57.8 Å². The summed E-state index contributed by atoms with van der Waals surface area (Å²) in [5.41, 5.74) is 3.89. The monoisotopic (exact) mass is 335 g/mol. The SMILES string of the molecule is Cc1cc(CNC(C)C)ccc1-c1cc(Br)ccc1F. The lowest BCUT2D eigenvalue weighted by molar-refractivity contribution is 0.588. The summed E-state index contributed by atoms with van der Waals surface area (Å²) < 4.78 is 14.8. The highest BCUT2D eigenvalue weighted by Gasteiger charge is 2.09. The van der Waals surface area contributed by atoms with Crippen LogP contribution in [0.3, 0.4) is 0 Å². The van der Waals surface area contributed by atoms with E-state index >= 15 is 0 Å². The first-order chi connectivity index (χ1) is 9.47. The van der Waals surface area contributed by atoms with Crippen molar-refractivity contribution in [3.63, 3.8) is 0 Å². The maximum Gasteiger partial charge on any atom is 0.131 e. The molecule has 0 aromatic heterocycles. The quantitative estimate of drug-likeness (QED) is 0.823. The highest BCUT2D eigenvalue weighted by molar-refractivity contribution is 9.10. The van der Waals surface area contributed by atoms with E-state index in [9.17, 15) is 4.39 Å². The molecule has 2 rings (SSSR count). The molecule has 1 nitrogen and oxygen atoms in total. The Morgan fingerprint density at radius 3 is 2.50 bits per heavy atom. The van der Waals surface area contributed by atoms with Crippen LogP contribution in [0.1, 0.15) is 25.0 Å². The maximum atomic E-state index is 14.0. The average Bonchev–Trinajstić information content (AvgIpc) is 2.39. The molecule has 0 spiro atoms. The van der Waals surface area contributed by atoms with Crippen LogP contribution in [0.15, 0.2) is 40.9 Å². The number of rotatable bonds is 4. The van der Waals surface area contributed by atoms with Crippen LogP contribution in [-0.4, -0.2) is 6.04 Å². The van der Waals surface area contributed by atoms with Gasteiger partial charge in [-0.15, -0.1) is 0 Å². The largest absolute Gasteiger partial charge is 0.310 e. The summed E-state index contributed by atoms with van der Waals surface area (Å²) >= 11 is 3.40. The van der Waals surface area contributed by atoms with Gasteiger partial charge in [-0.2, -0.15) is 0 Å². The fourth-order valence-electron chi connectivity index (χ4n) is 2.16. The van der Waals surface area contributed by atoms with E-state index in [1.165, 1.54) is 11.6 Å². The normalized spacial score (nSPS) is 11.1. The Kier molecular flexibility index (Phi) is 4.95. The second-order valence-corrected chi connectivity index (χ2v) is 6.22. The molecule has 0 fully saturated rings. The molecule has 2 aromatic rings. The van der Waals surface area contributed by atoms with Crippen molar-refractivity contribution in [1.82, 2.24) is 5.32 Å². The molecule has 0 aliphatic carbocycles. The van der Waals surface area contributed by atoms with Gasteiger partial charge in [0.25, 0.3) is 0 Å². The summed E-state index contributed by atoms with van der Waals surface area (Å²) in [5, 5.41) is 3.39. The van der Waals surface area contributed by atoms with E-state index in [0.717, 1.165) is 22.1 Å². The van der Waals surface area contributed by atoms with Crippen molar-refractivity contribution in [1.29, 1.82) is 0 Å². The number of benzene rings is 2. The van der Waals surface area contributed by atoms with E-state index in [2.05, 4.69) is 47.2 Å². The van der Waals surface area contributed by atoms with Crippen LogP contribution in [0.5, 0.6) is 0 Å². The summed E-state index contributed by atoms with van der Waals surface area (Å²) in [5.74, 6) is -0.190.